The lowest BCUT2D eigenvalue weighted by Gasteiger charge is -2.02. The highest BCUT2D eigenvalue weighted by Gasteiger charge is 2.12. The second kappa shape index (κ2) is 7.38. The summed E-state index contributed by atoms with van der Waals surface area (Å²) in [5, 5.41) is 8.41. The lowest BCUT2D eigenvalue weighted by molar-refractivity contribution is -0.131. The van der Waals surface area contributed by atoms with Crippen LogP contribution in [0.4, 0.5) is 0 Å². The van der Waals surface area contributed by atoms with Crippen LogP contribution in [0, 0.1) is 0 Å². The van der Waals surface area contributed by atoms with E-state index < -0.39 is 5.97 Å². The molecule has 0 aliphatic carbocycles. The number of fused-ring (bicyclic) bond motifs is 1. The summed E-state index contributed by atoms with van der Waals surface area (Å²) in [6.45, 7) is 0.313. The molecule has 1 heterocycles. The van der Waals surface area contributed by atoms with E-state index in [2.05, 4.69) is 6.07 Å². The van der Waals surface area contributed by atoms with Crippen molar-refractivity contribution in [2.45, 2.75) is 25.7 Å². The molecule has 0 saturated carbocycles. The van der Waals surface area contributed by atoms with E-state index in [1.54, 1.807) is 12.2 Å². The van der Waals surface area contributed by atoms with Gasteiger partial charge in [-0.15, -0.1) is 0 Å². The number of hydrogen-bond acceptors (Lipinski definition) is 3. The van der Waals surface area contributed by atoms with Crippen LogP contribution in [0.15, 0.2) is 42.5 Å². The summed E-state index contributed by atoms with van der Waals surface area (Å²) in [7, 11) is 0. The quantitative estimate of drug-likeness (QED) is 0.471. The van der Waals surface area contributed by atoms with E-state index in [-0.39, 0.29) is 0 Å². The smallest absolute Gasteiger partial charge is 0.328 e. The molecule has 0 aromatic heterocycles. The van der Waals surface area contributed by atoms with Gasteiger partial charge in [-0.25, -0.2) is 4.79 Å². The van der Waals surface area contributed by atoms with Gasteiger partial charge in [-0.3, -0.25) is 0 Å². The van der Waals surface area contributed by atoms with Gasteiger partial charge in [-0.1, -0.05) is 24.3 Å². The summed E-state index contributed by atoms with van der Waals surface area (Å²) < 4.78 is 10.6. The Kier molecular flexibility index (Phi) is 5.24. The van der Waals surface area contributed by atoms with Crippen LogP contribution in [0.25, 0.3) is 0 Å². The normalized spacial score (nSPS) is 13.4. The Balaban J connectivity index is 1.65. The van der Waals surface area contributed by atoms with Crippen molar-refractivity contribution in [1.82, 2.24) is 0 Å². The molecule has 0 radical (unpaired) electrons. The predicted molar refractivity (Wildman–Crippen MR) is 76.0 cm³/mol. The van der Waals surface area contributed by atoms with Crippen LogP contribution in [0.3, 0.4) is 0 Å². The van der Waals surface area contributed by atoms with E-state index in [1.807, 2.05) is 18.2 Å². The van der Waals surface area contributed by atoms with E-state index in [4.69, 9.17) is 14.6 Å². The zero-order valence-electron chi connectivity index (χ0n) is 11.2. The maximum atomic E-state index is 10.2. The number of unbranched alkanes of at least 4 members (excludes halogenated alkanes) is 2. The zero-order chi connectivity index (χ0) is 14.2. The van der Waals surface area contributed by atoms with E-state index in [9.17, 15) is 4.79 Å². The zero-order valence-corrected chi connectivity index (χ0v) is 11.2. The van der Waals surface area contributed by atoms with E-state index >= 15 is 0 Å². The molecule has 4 heteroatoms. The van der Waals surface area contributed by atoms with Gasteiger partial charge >= 0.3 is 5.97 Å². The van der Waals surface area contributed by atoms with Crippen molar-refractivity contribution in [3.05, 3.63) is 48.1 Å². The molecule has 1 aliphatic heterocycles. The first kappa shape index (κ1) is 14.2. The average Bonchev–Trinajstić information content (AvgIpc) is 2.89. The molecule has 2 rings (SSSR count). The highest BCUT2D eigenvalue weighted by atomic mass is 16.7. The summed E-state index contributed by atoms with van der Waals surface area (Å²) >= 11 is 0. The Morgan fingerprint density at radius 2 is 2.05 bits per heavy atom. The molecule has 0 unspecified atom stereocenters. The molecule has 1 aliphatic rings. The summed E-state index contributed by atoms with van der Waals surface area (Å²) in [6.07, 6.45) is 10.6. The van der Waals surface area contributed by atoms with Crippen molar-refractivity contribution in [3.63, 3.8) is 0 Å². The number of allylic oxidation sites excluding steroid dienone is 3. The molecule has 0 saturated heterocycles. The van der Waals surface area contributed by atoms with Gasteiger partial charge in [0.25, 0.3) is 0 Å². The molecule has 1 N–H and O–H groups in total. The largest absolute Gasteiger partial charge is 0.478 e. The number of aliphatic carboxylic acids is 1. The molecule has 20 heavy (non-hydrogen) atoms. The first-order valence-corrected chi connectivity index (χ1v) is 6.70. The molecule has 4 nitrogen and oxygen atoms in total. The van der Waals surface area contributed by atoms with Crippen molar-refractivity contribution in [3.8, 4) is 11.5 Å². The number of carboxylic acid groups (broad SMARTS) is 1. The molecule has 0 bridgehead atoms. The van der Waals surface area contributed by atoms with Gasteiger partial charge < -0.3 is 14.6 Å². The van der Waals surface area contributed by atoms with Crippen LogP contribution >= 0.6 is 0 Å². The number of carboxylic acids is 1. The molecule has 0 spiro atoms. The van der Waals surface area contributed by atoms with Gasteiger partial charge in [0.2, 0.25) is 6.79 Å². The SMILES string of the molecule is O=C(O)/C=C/C=C/CCCCc1ccc2c(c1)OCO2. The van der Waals surface area contributed by atoms with Crippen molar-refractivity contribution < 1.29 is 19.4 Å². The van der Waals surface area contributed by atoms with Crippen LogP contribution in [0.2, 0.25) is 0 Å². The van der Waals surface area contributed by atoms with Crippen LogP contribution in [-0.4, -0.2) is 17.9 Å². The van der Waals surface area contributed by atoms with Gasteiger partial charge in [0.05, 0.1) is 0 Å². The monoisotopic (exact) mass is 274 g/mol. The number of benzene rings is 1. The minimum atomic E-state index is -0.919. The van der Waals surface area contributed by atoms with Crippen LogP contribution < -0.4 is 9.47 Å². The number of ether oxygens (including phenoxy) is 2. The fraction of sp³-hybridized carbons (Fsp3) is 0.312. The van der Waals surface area contributed by atoms with Gasteiger partial charge in [0.1, 0.15) is 0 Å². The Bertz CT molecular complexity index is 517. The Hall–Kier alpha value is -2.23. The van der Waals surface area contributed by atoms with Gasteiger partial charge in [0.15, 0.2) is 11.5 Å². The fourth-order valence-corrected chi connectivity index (χ4v) is 2.00. The molecule has 1 aromatic rings. The molecule has 1 aromatic carbocycles. The van der Waals surface area contributed by atoms with Crippen LogP contribution in [-0.2, 0) is 11.2 Å². The van der Waals surface area contributed by atoms with Crippen molar-refractivity contribution in [2.75, 3.05) is 6.79 Å². The topological polar surface area (TPSA) is 55.8 Å². The van der Waals surface area contributed by atoms with E-state index in [1.165, 1.54) is 5.56 Å². The molecular weight excluding hydrogens is 256 g/mol. The number of aryl methyl sites for hydroxylation is 1. The maximum absolute atomic E-state index is 10.2. The molecule has 106 valence electrons. The van der Waals surface area contributed by atoms with Crippen LogP contribution in [0.5, 0.6) is 11.5 Å². The van der Waals surface area contributed by atoms with E-state index in [0.29, 0.717) is 6.79 Å². The number of carbonyl (C=O) groups is 1. The highest BCUT2D eigenvalue weighted by molar-refractivity contribution is 5.80. The first-order chi connectivity index (χ1) is 9.75. The molecular formula is C16H18O4. The minimum Gasteiger partial charge on any atom is -0.478 e. The standard InChI is InChI=1S/C16H18O4/c17-16(18)8-6-4-2-1-3-5-7-13-9-10-14-15(11-13)20-12-19-14/h2,4,6,8-11H,1,3,5,7,12H2,(H,17,18)/b4-2+,8-6+. The second-order valence-electron chi connectivity index (χ2n) is 4.56. The van der Waals surface area contributed by atoms with Gasteiger partial charge in [-0.2, -0.15) is 0 Å². The third kappa shape index (κ3) is 4.46. The minimum absolute atomic E-state index is 0.313. The van der Waals surface area contributed by atoms with E-state index in [0.717, 1.165) is 43.3 Å². The maximum Gasteiger partial charge on any atom is 0.328 e. The first-order valence-electron chi connectivity index (χ1n) is 6.70. The lowest BCUT2D eigenvalue weighted by Crippen LogP contribution is -1.92. The predicted octanol–water partition coefficient (Wildman–Crippen LogP) is 3.33. The summed E-state index contributed by atoms with van der Waals surface area (Å²) in [6, 6.07) is 6.06. The van der Waals surface area contributed by atoms with Gasteiger partial charge in [-0.05, 0) is 43.4 Å². The lowest BCUT2D eigenvalue weighted by atomic mass is 10.1. The molecule has 0 amide bonds. The summed E-state index contributed by atoms with van der Waals surface area (Å²) in [5.74, 6) is 0.737. The average molecular weight is 274 g/mol. The summed E-state index contributed by atoms with van der Waals surface area (Å²) in [4.78, 5) is 10.2. The Morgan fingerprint density at radius 1 is 1.20 bits per heavy atom. The Labute approximate surface area is 118 Å². The number of rotatable bonds is 7. The fourth-order valence-electron chi connectivity index (χ4n) is 2.00. The summed E-state index contributed by atoms with van der Waals surface area (Å²) in [5.41, 5.74) is 1.25. The van der Waals surface area contributed by atoms with Crippen molar-refractivity contribution in [1.29, 1.82) is 0 Å². The third-order valence-electron chi connectivity index (χ3n) is 3.01. The van der Waals surface area contributed by atoms with Crippen LogP contribution in [0.1, 0.15) is 24.8 Å². The molecule has 0 atom stereocenters. The van der Waals surface area contributed by atoms with Crippen molar-refractivity contribution >= 4 is 5.97 Å². The highest BCUT2D eigenvalue weighted by Crippen LogP contribution is 2.32. The third-order valence-corrected chi connectivity index (χ3v) is 3.01. The second-order valence-corrected chi connectivity index (χ2v) is 4.56. The Morgan fingerprint density at radius 3 is 2.90 bits per heavy atom. The molecule has 0 fully saturated rings. The van der Waals surface area contributed by atoms with Gasteiger partial charge in [0, 0.05) is 6.08 Å². The number of hydrogen-bond donors (Lipinski definition) is 1. The van der Waals surface area contributed by atoms with Crippen molar-refractivity contribution in [2.24, 2.45) is 0 Å².